The van der Waals surface area contributed by atoms with Gasteiger partial charge in [-0.1, -0.05) is 35.9 Å². The second-order valence-corrected chi connectivity index (χ2v) is 12.2. The van der Waals surface area contributed by atoms with E-state index in [0.717, 1.165) is 21.9 Å². The summed E-state index contributed by atoms with van der Waals surface area (Å²) in [6.07, 6.45) is 1.95. The molecule has 6 atom stereocenters. The number of carbonyl (C=O) groups excluding carboxylic acids is 4. The standard InChI is InChI=1S/C34H28N4O10/c1-2-48-26-11-5-10-22(30(26)39)27-21-12-13-23-28(33(42)35(31(23)40)17-6-3-8-19(14-17)37(44)45)24(21)16-25-29(27)34(43)36(32(25)41)18-7-4-9-20(15-18)38(46)47/h3-12,14-15,23-25,27-29,39H,2,13,16H2,1H3. The van der Waals surface area contributed by atoms with Crippen molar-refractivity contribution in [2.75, 3.05) is 16.4 Å². The number of imide groups is 2. The molecule has 4 amide bonds. The second kappa shape index (κ2) is 11.4. The predicted molar refractivity (Wildman–Crippen MR) is 168 cm³/mol. The van der Waals surface area contributed by atoms with Crippen molar-refractivity contribution in [3.05, 3.63) is 104 Å². The Labute approximate surface area is 272 Å². The van der Waals surface area contributed by atoms with Crippen LogP contribution in [-0.2, 0) is 19.2 Å². The largest absolute Gasteiger partial charge is 0.504 e. The van der Waals surface area contributed by atoms with E-state index in [2.05, 4.69) is 0 Å². The van der Waals surface area contributed by atoms with Gasteiger partial charge in [-0.05, 0) is 43.9 Å². The van der Waals surface area contributed by atoms with Crippen molar-refractivity contribution >= 4 is 46.4 Å². The zero-order valence-corrected chi connectivity index (χ0v) is 25.4. The molecule has 0 aromatic heterocycles. The summed E-state index contributed by atoms with van der Waals surface area (Å²) < 4.78 is 5.63. The number of hydrogen-bond acceptors (Lipinski definition) is 10. The van der Waals surface area contributed by atoms with Gasteiger partial charge in [-0.3, -0.25) is 39.4 Å². The summed E-state index contributed by atoms with van der Waals surface area (Å²) in [6.45, 7) is 1.99. The van der Waals surface area contributed by atoms with Crippen LogP contribution in [0.15, 0.2) is 78.4 Å². The lowest BCUT2D eigenvalue weighted by Crippen LogP contribution is -2.43. The molecule has 2 aliphatic carbocycles. The van der Waals surface area contributed by atoms with Crippen molar-refractivity contribution in [2.45, 2.75) is 25.7 Å². The number of phenolic OH excluding ortho intramolecular Hbond substituents is 1. The van der Waals surface area contributed by atoms with Gasteiger partial charge < -0.3 is 9.84 Å². The zero-order chi connectivity index (χ0) is 34.0. The number of nitro groups is 2. The minimum atomic E-state index is -1.03. The normalized spacial score (nSPS) is 26.1. The van der Waals surface area contributed by atoms with Crippen LogP contribution in [0.1, 0.15) is 31.2 Å². The third-order valence-corrected chi connectivity index (χ3v) is 9.91. The second-order valence-electron chi connectivity index (χ2n) is 12.2. The number of para-hydroxylation sites is 1. The van der Waals surface area contributed by atoms with Crippen molar-refractivity contribution in [2.24, 2.45) is 29.6 Å². The molecule has 2 aliphatic heterocycles. The lowest BCUT2D eigenvalue weighted by atomic mass is 9.57. The summed E-state index contributed by atoms with van der Waals surface area (Å²) in [5.74, 6) is -7.74. The van der Waals surface area contributed by atoms with Crippen LogP contribution in [0, 0.1) is 49.8 Å². The van der Waals surface area contributed by atoms with Gasteiger partial charge >= 0.3 is 0 Å². The van der Waals surface area contributed by atoms with Crippen molar-refractivity contribution in [1.82, 2.24) is 0 Å². The highest BCUT2D eigenvalue weighted by Crippen LogP contribution is 2.60. The van der Waals surface area contributed by atoms with Crippen LogP contribution >= 0.6 is 0 Å². The molecule has 14 heteroatoms. The Bertz CT molecular complexity index is 1970. The highest BCUT2D eigenvalue weighted by molar-refractivity contribution is 6.24. The number of non-ortho nitro benzene ring substituents is 2. The number of nitrogens with zero attached hydrogens (tertiary/aromatic N) is 4. The average Bonchev–Trinajstić information content (AvgIpc) is 3.48. The Morgan fingerprint density at radius 1 is 0.771 bits per heavy atom. The SMILES string of the molecule is CCOc1cccc(C2C3=CCC4C(=O)N(c5cccc([N+](=O)[O-])c5)C(=O)C4C3CC3C(=O)N(c4cccc([N+](=O)[O-])c4)C(=O)C32)c1O. The van der Waals surface area contributed by atoms with Gasteiger partial charge in [0.25, 0.3) is 11.4 Å². The Kier molecular flexibility index (Phi) is 7.30. The highest BCUT2D eigenvalue weighted by atomic mass is 16.6. The molecular weight excluding hydrogens is 624 g/mol. The van der Waals surface area contributed by atoms with Crippen molar-refractivity contribution < 1.29 is 38.9 Å². The van der Waals surface area contributed by atoms with E-state index >= 15 is 0 Å². The maximum absolute atomic E-state index is 14.3. The number of benzene rings is 3. The summed E-state index contributed by atoms with van der Waals surface area (Å²) in [5, 5.41) is 34.4. The monoisotopic (exact) mass is 652 g/mol. The van der Waals surface area contributed by atoms with Crippen LogP contribution in [0.2, 0.25) is 0 Å². The Morgan fingerprint density at radius 2 is 1.33 bits per heavy atom. The molecule has 4 aliphatic rings. The predicted octanol–water partition coefficient (Wildman–Crippen LogP) is 4.65. The van der Waals surface area contributed by atoms with E-state index in [0.29, 0.717) is 11.1 Å². The number of aromatic hydroxyl groups is 1. The van der Waals surface area contributed by atoms with E-state index in [1.54, 1.807) is 31.2 Å². The van der Waals surface area contributed by atoms with Gasteiger partial charge in [0.05, 0.1) is 51.5 Å². The number of ether oxygens (including phenoxy) is 1. The maximum Gasteiger partial charge on any atom is 0.271 e. The number of anilines is 2. The molecule has 0 bridgehead atoms. The number of amides is 4. The van der Waals surface area contributed by atoms with Gasteiger partial charge in [0, 0.05) is 35.7 Å². The summed E-state index contributed by atoms with van der Waals surface area (Å²) in [6, 6.07) is 15.3. The van der Waals surface area contributed by atoms with Crippen LogP contribution in [0.5, 0.6) is 11.5 Å². The molecule has 6 unspecified atom stereocenters. The topological polar surface area (TPSA) is 190 Å². The smallest absolute Gasteiger partial charge is 0.271 e. The molecule has 2 heterocycles. The molecule has 1 saturated carbocycles. The summed E-state index contributed by atoms with van der Waals surface area (Å²) in [5.41, 5.74) is 0.413. The zero-order valence-electron chi connectivity index (χ0n) is 25.4. The van der Waals surface area contributed by atoms with Crippen molar-refractivity contribution in [3.8, 4) is 11.5 Å². The van der Waals surface area contributed by atoms with E-state index in [4.69, 9.17) is 4.74 Å². The van der Waals surface area contributed by atoms with Crippen LogP contribution in [0.25, 0.3) is 0 Å². The van der Waals surface area contributed by atoms with Crippen LogP contribution in [0.3, 0.4) is 0 Å². The number of rotatable bonds is 7. The quantitative estimate of drug-likeness (QED) is 0.163. The molecule has 3 fully saturated rings. The van der Waals surface area contributed by atoms with Gasteiger partial charge in [0.15, 0.2) is 11.5 Å². The highest BCUT2D eigenvalue weighted by Gasteiger charge is 2.62. The lowest BCUT2D eigenvalue weighted by molar-refractivity contribution is -0.385. The number of nitro benzene ring substituents is 2. The molecule has 14 nitrogen and oxygen atoms in total. The van der Waals surface area contributed by atoms with Gasteiger partial charge in [-0.15, -0.1) is 0 Å². The Morgan fingerprint density at radius 3 is 1.92 bits per heavy atom. The minimum Gasteiger partial charge on any atom is -0.504 e. The third-order valence-electron chi connectivity index (χ3n) is 9.91. The van der Waals surface area contributed by atoms with Crippen molar-refractivity contribution in [3.63, 3.8) is 0 Å². The fourth-order valence-corrected chi connectivity index (χ4v) is 8.00. The van der Waals surface area contributed by atoms with Gasteiger partial charge in [0.1, 0.15) is 0 Å². The minimum absolute atomic E-state index is 0.0257. The maximum atomic E-state index is 14.3. The number of carbonyl (C=O) groups is 4. The fraction of sp³-hybridized carbons (Fsp3) is 0.294. The van der Waals surface area contributed by atoms with Crippen LogP contribution in [0.4, 0.5) is 22.7 Å². The number of fused-ring (bicyclic) bond motifs is 4. The summed E-state index contributed by atoms with van der Waals surface area (Å²) >= 11 is 0. The number of hydrogen-bond donors (Lipinski definition) is 1. The molecule has 3 aromatic carbocycles. The van der Waals surface area contributed by atoms with E-state index < -0.39 is 69.0 Å². The molecule has 1 N–H and O–H groups in total. The van der Waals surface area contributed by atoms with E-state index in [1.165, 1.54) is 36.4 Å². The van der Waals surface area contributed by atoms with Gasteiger partial charge in [-0.2, -0.15) is 0 Å². The Hall–Kier alpha value is -5.92. The summed E-state index contributed by atoms with van der Waals surface area (Å²) in [7, 11) is 0. The third kappa shape index (κ3) is 4.54. The van der Waals surface area contributed by atoms with Crippen molar-refractivity contribution in [1.29, 1.82) is 0 Å². The molecule has 3 aromatic rings. The van der Waals surface area contributed by atoms with Crippen LogP contribution in [-0.4, -0.2) is 45.2 Å². The first-order valence-electron chi connectivity index (χ1n) is 15.4. The molecular formula is C34H28N4O10. The molecule has 2 saturated heterocycles. The molecule has 48 heavy (non-hydrogen) atoms. The van der Waals surface area contributed by atoms with E-state index in [9.17, 15) is 44.5 Å². The molecule has 7 rings (SSSR count). The first kappa shape index (κ1) is 30.7. The van der Waals surface area contributed by atoms with E-state index in [-0.39, 0.29) is 53.7 Å². The Balaban J connectivity index is 1.35. The molecule has 244 valence electrons. The summed E-state index contributed by atoms with van der Waals surface area (Å²) in [4.78, 5) is 80.0. The lowest BCUT2D eigenvalue weighted by Gasteiger charge is -2.44. The first-order valence-corrected chi connectivity index (χ1v) is 15.4. The van der Waals surface area contributed by atoms with Gasteiger partial charge in [0.2, 0.25) is 23.6 Å². The number of allylic oxidation sites excluding steroid dienone is 2. The van der Waals surface area contributed by atoms with Gasteiger partial charge in [-0.25, -0.2) is 9.80 Å². The average molecular weight is 653 g/mol. The van der Waals surface area contributed by atoms with E-state index in [1.807, 2.05) is 0 Å². The fourth-order valence-electron chi connectivity index (χ4n) is 8.00. The molecule has 0 spiro atoms. The number of phenols is 1. The molecule has 0 radical (unpaired) electrons. The van der Waals surface area contributed by atoms with Crippen LogP contribution < -0.4 is 14.5 Å². The first-order chi connectivity index (χ1) is 23.0.